The van der Waals surface area contributed by atoms with Crippen molar-refractivity contribution in [1.29, 1.82) is 0 Å². The van der Waals surface area contributed by atoms with Crippen molar-refractivity contribution < 1.29 is 19.4 Å². The molecule has 0 bridgehead atoms. The highest BCUT2D eigenvalue weighted by molar-refractivity contribution is 5.75. The monoisotopic (exact) mass is 322 g/mol. The van der Waals surface area contributed by atoms with Gasteiger partial charge in [-0.1, -0.05) is 18.2 Å². The van der Waals surface area contributed by atoms with Crippen LogP contribution in [0.3, 0.4) is 0 Å². The molecule has 6 N–H and O–H groups in total. The predicted molar refractivity (Wildman–Crippen MR) is 85.9 cm³/mol. The van der Waals surface area contributed by atoms with E-state index in [1.807, 2.05) is 0 Å². The van der Waals surface area contributed by atoms with Crippen molar-refractivity contribution in [2.45, 2.75) is 32.4 Å². The number of guanidine groups is 1. The first-order valence-electron chi connectivity index (χ1n) is 7.18. The van der Waals surface area contributed by atoms with Gasteiger partial charge in [0.15, 0.2) is 5.96 Å². The maximum absolute atomic E-state index is 11.3. The molecule has 1 unspecified atom stereocenters. The van der Waals surface area contributed by atoms with Gasteiger partial charge in [0.05, 0.1) is 0 Å². The van der Waals surface area contributed by atoms with Crippen LogP contribution in [0.1, 0.15) is 25.3 Å². The molecular formula is C15H22N4O4. The van der Waals surface area contributed by atoms with E-state index in [9.17, 15) is 14.7 Å². The Morgan fingerprint density at radius 2 is 2.04 bits per heavy atom. The quantitative estimate of drug-likeness (QED) is 0.167. The standard InChI is InChI=1S/C15H22N4O4/c1-10(20)23-13-7-3-2-5-11(13)9-19-12(14(21)22)6-4-8-18-15(16)17/h2-3,5,7,12,19H,4,6,8-9H2,1H3,(H,21,22)(H4,16,17,18). The summed E-state index contributed by atoms with van der Waals surface area (Å²) in [6.45, 7) is 1.95. The second kappa shape index (κ2) is 9.42. The Balaban J connectivity index is 2.60. The Bertz CT molecular complexity index is 570. The first kappa shape index (κ1) is 18.4. The summed E-state index contributed by atoms with van der Waals surface area (Å²) in [5.41, 5.74) is 11.1. The van der Waals surface area contributed by atoms with Crippen LogP contribution in [-0.4, -0.2) is 35.6 Å². The number of carboxylic acid groups (broad SMARTS) is 1. The molecule has 1 aromatic rings. The maximum atomic E-state index is 11.3. The van der Waals surface area contributed by atoms with Crippen LogP contribution in [0.2, 0.25) is 0 Å². The zero-order valence-corrected chi connectivity index (χ0v) is 13.0. The fourth-order valence-electron chi connectivity index (χ4n) is 1.95. The first-order valence-corrected chi connectivity index (χ1v) is 7.18. The Labute approximate surface area is 134 Å². The first-order chi connectivity index (χ1) is 10.9. The van der Waals surface area contributed by atoms with Gasteiger partial charge in [0.1, 0.15) is 11.8 Å². The number of hydrogen-bond donors (Lipinski definition) is 4. The van der Waals surface area contributed by atoms with Gasteiger partial charge in [-0.05, 0) is 18.9 Å². The van der Waals surface area contributed by atoms with E-state index in [1.165, 1.54) is 6.92 Å². The average Bonchev–Trinajstić information content (AvgIpc) is 2.46. The molecule has 1 atom stereocenters. The number of nitrogens with two attached hydrogens (primary N) is 2. The van der Waals surface area contributed by atoms with Gasteiger partial charge in [0.2, 0.25) is 0 Å². The summed E-state index contributed by atoms with van der Waals surface area (Å²) >= 11 is 0. The van der Waals surface area contributed by atoms with Crippen LogP contribution >= 0.6 is 0 Å². The molecule has 8 nitrogen and oxygen atoms in total. The van der Waals surface area contributed by atoms with E-state index in [4.69, 9.17) is 16.2 Å². The molecule has 0 aliphatic rings. The third kappa shape index (κ3) is 7.28. The second-order valence-corrected chi connectivity index (χ2v) is 4.92. The number of carboxylic acids is 1. The number of para-hydroxylation sites is 1. The maximum Gasteiger partial charge on any atom is 0.320 e. The molecule has 0 aliphatic heterocycles. The molecule has 1 rings (SSSR count). The average molecular weight is 322 g/mol. The third-order valence-electron chi connectivity index (χ3n) is 3.01. The molecule has 8 heteroatoms. The van der Waals surface area contributed by atoms with Gasteiger partial charge in [-0.3, -0.25) is 14.6 Å². The van der Waals surface area contributed by atoms with Gasteiger partial charge in [-0.2, -0.15) is 0 Å². The number of hydrogen-bond acceptors (Lipinski definition) is 5. The fraction of sp³-hybridized carbons (Fsp3) is 0.400. The number of rotatable bonds is 9. The van der Waals surface area contributed by atoms with E-state index in [-0.39, 0.29) is 12.5 Å². The van der Waals surface area contributed by atoms with Gasteiger partial charge in [-0.15, -0.1) is 0 Å². The number of carbonyl (C=O) groups is 2. The molecule has 0 fully saturated rings. The number of aliphatic imine (C=N–C) groups is 1. The zero-order chi connectivity index (χ0) is 17.2. The molecule has 126 valence electrons. The highest BCUT2D eigenvalue weighted by atomic mass is 16.5. The lowest BCUT2D eigenvalue weighted by molar-refractivity contribution is -0.139. The summed E-state index contributed by atoms with van der Waals surface area (Å²) < 4.78 is 5.09. The van der Waals surface area contributed by atoms with Crippen LogP contribution in [0.15, 0.2) is 29.3 Å². The highest BCUT2D eigenvalue weighted by Gasteiger charge is 2.17. The summed E-state index contributed by atoms with van der Waals surface area (Å²) in [5.74, 6) is -0.985. The van der Waals surface area contributed by atoms with Crippen molar-refractivity contribution in [1.82, 2.24) is 5.32 Å². The molecule has 0 spiro atoms. The number of nitrogens with zero attached hydrogens (tertiary/aromatic N) is 1. The zero-order valence-electron chi connectivity index (χ0n) is 13.0. The van der Waals surface area contributed by atoms with Crippen LogP contribution in [0.25, 0.3) is 0 Å². The second-order valence-electron chi connectivity index (χ2n) is 4.92. The van der Waals surface area contributed by atoms with E-state index in [0.29, 0.717) is 30.7 Å². The molecule has 0 saturated carbocycles. The number of ether oxygens (including phenoxy) is 1. The van der Waals surface area contributed by atoms with E-state index in [1.54, 1.807) is 24.3 Å². The van der Waals surface area contributed by atoms with Crippen LogP contribution in [0, 0.1) is 0 Å². The Kier molecular flexibility index (Phi) is 7.55. The molecule has 0 aromatic heterocycles. The summed E-state index contributed by atoms with van der Waals surface area (Å²) in [6.07, 6.45) is 0.912. The Morgan fingerprint density at radius 3 is 2.65 bits per heavy atom. The molecule has 1 aromatic carbocycles. The molecule has 0 aliphatic carbocycles. The van der Waals surface area contributed by atoms with Gasteiger partial charge >= 0.3 is 11.9 Å². The lowest BCUT2D eigenvalue weighted by atomic mass is 10.1. The van der Waals surface area contributed by atoms with Gasteiger partial charge in [-0.25, -0.2) is 0 Å². The largest absolute Gasteiger partial charge is 0.480 e. The normalized spacial score (nSPS) is 11.5. The fourth-order valence-corrected chi connectivity index (χ4v) is 1.95. The van der Waals surface area contributed by atoms with Crippen molar-refractivity contribution in [2.75, 3.05) is 6.54 Å². The van der Waals surface area contributed by atoms with Crippen LogP contribution < -0.4 is 21.5 Å². The summed E-state index contributed by atoms with van der Waals surface area (Å²) in [6, 6.07) is 6.22. The molecule has 23 heavy (non-hydrogen) atoms. The van der Waals surface area contributed by atoms with Crippen LogP contribution in [-0.2, 0) is 16.1 Å². The Morgan fingerprint density at radius 1 is 1.35 bits per heavy atom. The van der Waals surface area contributed by atoms with Crippen molar-refractivity contribution in [3.8, 4) is 5.75 Å². The molecule has 0 saturated heterocycles. The molecule has 0 radical (unpaired) electrons. The topological polar surface area (TPSA) is 140 Å². The predicted octanol–water partition coefficient (Wildman–Crippen LogP) is 0.208. The van der Waals surface area contributed by atoms with Gasteiger partial charge in [0.25, 0.3) is 0 Å². The molecule has 0 amide bonds. The number of carbonyl (C=O) groups excluding carboxylic acids is 1. The van der Waals surface area contributed by atoms with Crippen molar-refractivity contribution in [2.24, 2.45) is 16.5 Å². The summed E-state index contributed by atoms with van der Waals surface area (Å²) in [4.78, 5) is 26.2. The van der Waals surface area contributed by atoms with Crippen molar-refractivity contribution in [3.05, 3.63) is 29.8 Å². The van der Waals surface area contributed by atoms with Crippen LogP contribution in [0.5, 0.6) is 5.75 Å². The van der Waals surface area contributed by atoms with Crippen molar-refractivity contribution in [3.63, 3.8) is 0 Å². The third-order valence-corrected chi connectivity index (χ3v) is 3.01. The number of benzene rings is 1. The number of esters is 1. The van der Waals surface area contributed by atoms with E-state index >= 15 is 0 Å². The summed E-state index contributed by atoms with van der Waals surface area (Å²) in [5, 5.41) is 12.2. The SMILES string of the molecule is CC(=O)Oc1ccccc1CNC(CCCN=C(N)N)C(=O)O. The smallest absolute Gasteiger partial charge is 0.320 e. The number of nitrogens with one attached hydrogen (secondary N) is 1. The van der Waals surface area contributed by atoms with Gasteiger partial charge < -0.3 is 26.6 Å². The molecule has 0 heterocycles. The Hall–Kier alpha value is -2.61. The van der Waals surface area contributed by atoms with Gasteiger partial charge in [0, 0.05) is 25.6 Å². The minimum Gasteiger partial charge on any atom is -0.480 e. The summed E-state index contributed by atoms with van der Waals surface area (Å²) in [7, 11) is 0. The van der Waals surface area contributed by atoms with Crippen LogP contribution in [0.4, 0.5) is 0 Å². The van der Waals surface area contributed by atoms with E-state index in [2.05, 4.69) is 10.3 Å². The minimum atomic E-state index is -0.959. The minimum absolute atomic E-state index is 0.0138. The van der Waals surface area contributed by atoms with E-state index < -0.39 is 18.0 Å². The molecular weight excluding hydrogens is 300 g/mol. The highest BCUT2D eigenvalue weighted by Crippen LogP contribution is 2.18. The lowest BCUT2D eigenvalue weighted by Gasteiger charge is -2.15. The van der Waals surface area contributed by atoms with E-state index in [0.717, 1.165) is 0 Å². The lowest BCUT2D eigenvalue weighted by Crippen LogP contribution is -2.36. The number of aliphatic carboxylic acids is 1. The van der Waals surface area contributed by atoms with Crippen molar-refractivity contribution >= 4 is 17.9 Å².